The molecule has 1 aliphatic rings. The number of nitrogens with zero attached hydrogens (tertiary/aromatic N) is 3. The second kappa shape index (κ2) is 9.34. The first-order chi connectivity index (χ1) is 12.8. The van der Waals surface area contributed by atoms with Crippen molar-refractivity contribution in [1.29, 1.82) is 0 Å². The molecule has 1 fully saturated rings. The predicted molar refractivity (Wildman–Crippen MR) is 105 cm³/mol. The fourth-order valence-corrected chi connectivity index (χ4v) is 3.43. The first-order valence-electron chi connectivity index (χ1n) is 9.41. The van der Waals surface area contributed by atoms with Crippen LogP contribution in [0.15, 0.2) is 59.9 Å². The van der Waals surface area contributed by atoms with Crippen LogP contribution in [0.5, 0.6) is 0 Å². The van der Waals surface area contributed by atoms with Crippen molar-refractivity contribution in [3.8, 4) is 0 Å². The molecule has 2 aromatic rings. The standard InChI is InChI=1S/C21H28N4O/c1-2-23-21(24-15-20(26)19-8-11-22-12-9-19)25-13-10-18(16-25)14-17-6-4-3-5-7-17/h3-9,11-12,18,20,26H,2,10,13-16H2,1H3,(H,23,24). The van der Waals surface area contributed by atoms with E-state index >= 15 is 0 Å². The van der Waals surface area contributed by atoms with E-state index in [2.05, 4.69) is 57.4 Å². The van der Waals surface area contributed by atoms with Crippen LogP contribution < -0.4 is 5.32 Å². The molecule has 0 aliphatic carbocycles. The average molecular weight is 352 g/mol. The Kier molecular flexibility index (Phi) is 6.61. The van der Waals surface area contributed by atoms with Crippen molar-refractivity contribution in [2.24, 2.45) is 10.9 Å². The van der Waals surface area contributed by atoms with Crippen molar-refractivity contribution in [2.45, 2.75) is 25.9 Å². The normalized spacial score (nSPS) is 18.8. The van der Waals surface area contributed by atoms with Gasteiger partial charge in [-0.05, 0) is 48.9 Å². The maximum absolute atomic E-state index is 10.3. The topological polar surface area (TPSA) is 60.8 Å². The highest BCUT2D eigenvalue weighted by molar-refractivity contribution is 5.80. The number of pyridine rings is 1. The zero-order chi connectivity index (χ0) is 18.2. The SMILES string of the molecule is CCNC(=NCC(O)c1ccncc1)N1CCC(Cc2ccccc2)C1. The molecule has 2 heterocycles. The minimum atomic E-state index is -0.602. The largest absolute Gasteiger partial charge is 0.386 e. The van der Waals surface area contributed by atoms with Gasteiger partial charge >= 0.3 is 0 Å². The van der Waals surface area contributed by atoms with Crippen molar-refractivity contribution < 1.29 is 5.11 Å². The van der Waals surface area contributed by atoms with E-state index in [0.717, 1.165) is 37.6 Å². The van der Waals surface area contributed by atoms with Crippen LogP contribution in [0.25, 0.3) is 0 Å². The van der Waals surface area contributed by atoms with E-state index in [4.69, 9.17) is 0 Å². The minimum absolute atomic E-state index is 0.353. The number of nitrogens with one attached hydrogen (secondary N) is 1. The Bertz CT molecular complexity index is 690. The van der Waals surface area contributed by atoms with Crippen LogP contribution in [-0.4, -0.2) is 47.1 Å². The summed E-state index contributed by atoms with van der Waals surface area (Å²) < 4.78 is 0. The lowest BCUT2D eigenvalue weighted by atomic mass is 9.99. The summed E-state index contributed by atoms with van der Waals surface area (Å²) >= 11 is 0. The Morgan fingerprint density at radius 3 is 2.77 bits per heavy atom. The second-order valence-corrected chi connectivity index (χ2v) is 6.78. The van der Waals surface area contributed by atoms with Crippen LogP contribution >= 0.6 is 0 Å². The van der Waals surface area contributed by atoms with Crippen molar-refractivity contribution in [3.63, 3.8) is 0 Å². The molecule has 1 aromatic heterocycles. The van der Waals surface area contributed by atoms with Gasteiger partial charge in [-0.3, -0.25) is 9.98 Å². The van der Waals surface area contributed by atoms with Gasteiger partial charge in [0.05, 0.1) is 12.6 Å². The summed E-state index contributed by atoms with van der Waals surface area (Å²) in [6.45, 7) is 5.27. The number of hydrogen-bond donors (Lipinski definition) is 2. The highest BCUT2D eigenvalue weighted by Crippen LogP contribution is 2.21. The van der Waals surface area contributed by atoms with Gasteiger partial charge in [-0.2, -0.15) is 0 Å². The van der Waals surface area contributed by atoms with Gasteiger partial charge in [0, 0.05) is 32.0 Å². The summed E-state index contributed by atoms with van der Waals surface area (Å²) in [5.74, 6) is 1.54. The van der Waals surface area contributed by atoms with Gasteiger partial charge in [-0.1, -0.05) is 30.3 Å². The van der Waals surface area contributed by atoms with Crippen LogP contribution in [0.3, 0.4) is 0 Å². The number of aromatic nitrogens is 1. The van der Waals surface area contributed by atoms with Gasteiger partial charge in [0.25, 0.3) is 0 Å². The van der Waals surface area contributed by atoms with Crippen LogP contribution in [0.4, 0.5) is 0 Å². The Morgan fingerprint density at radius 2 is 2.04 bits per heavy atom. The summed E-state index contributed by atoms with van der Waals surface area (Å²) in [5.41, 5.74) is 2.25. The van der Waals surface area contributed by atoms with Gasteiger partial charge < -0.3 is 15.3 Å². The zero-order valence-electron chi connectivity index (χ0n) is 15.4. The monoisotopic (exact) mass is 352 g/mol. The highest BCUT2D eigenvalue weighted by Gasteiger charge is 2.25. The lowest BCUT2D eigenvalue weighted by molar-refractivity contribution is 0.186. The van der Waals surface area contributed by atoms with Crippen LogP contribution in [0.1, 0.15) is 30.6 Å². The average Bonchev–Trinajstić information content (AvgIpc) is 3.14. The van der Waals surface area contributed by atoms with E-state index in [1.807, 2.05) is 12.1 Å². The van der Waals surface area contributed by atoms with Gasteiger partial charge in [-0.25, -0.2) is 0 Å². The van der Waals surface area contributed by atoms with Gasteiger partial charge in [0.15, 0.2) is 5.96 Å². The molecule has 2 unspecified atom stereocenters. The van der Waals surface area contributed by atoms with E-state index < -0.39 is 6.10 Å². The number of aliphatic imine (C=N–C) groups is 1. The number of aliphatic hydroxyl groups excluding tert-OH is 1. The fourth-order valence-electron chi connectivity index (χ4n) is 3.43. The van der Waals surface area contributed by atoms with E-state index in [1.165, 1.54) is 12.0 Å². The molecule has 138 valence electrons. The first kappa shape index (κ1) is 18.4. The molecule has 2 atom stereocenters. The van der Waals surface area contributed by atoms with Crippen molar-refractivity contribution >= 4 is 5.96 Å². The summed E-state index contributed by atoms with van der Waals surface area (Å²) in [6, 6.07) is 14.3. The number of likely N-dealkylation sites (tertiary alicyclic amines) is 1. The summed E-state index contributed by atoms with van der Waals surface area (Å²) in [6.07, 6.45) is 5.07. The Balaban J connectivity index is 1.59. The Hall–Kier alpha value is -2.40. The molecule has 1 aromatic carbocycles. The third-order valence-corrected chi connectivity index (χ3v) is 4.79. The molecule has 26 heavy (non-hydrogen) atoms. The van der Waals surface area contributed by atoms with E-state index in [0.29, 0.717) is 12.5 Å². The fraction of sp³-hybridized carbons (Fsp3) is 0.429. The summed E-state index contributed by atoms with van der Waals surface area (Å²) in [4.78, 5) is 11.0. The molecule has 0 bridgehead atoms. The first-order valence-corrected chi connectivity index (χ1v) is 9.41. The number of benzene rings is 1. The molecule has 3 rings (SSSR count). The van der Waals surface area contributed by atoms with Gasteiger partial charge in [0.2, 0.25) is 0 Å². The van der Waals surface area contributed by atoms with E-state index in [9.17, 15) is 5.11 Å². The predicted octanol–water partition coefficient (Wildman–Crippen LogP) is 2.65. The summed E-state index contributed by atoms with van der Waals surface area (Å²) in [5, 5.41) is 13.7. The maximum Gasteiger partial charge on any atom is 0.194 e. The second-order valence-electron chi connectivity index (χ2n) is 6.78. The molecule has 0 saturated carbocycles. The molecule has 2 N–H and O–H groups in total. The molecular formula is C21H28N4O. The van der Waals surface area contributed by atoms with Crippen molar-refractivity contribution in [3.05, 3.63) is 66.0 Å². The van der Waals surface area contributed by atoms with Gasteiger partial charge in [0.1, 0.15) is 0 Å². The van der Waals surface area contributed by atoms with Crippen LogP contribution in [0, 0.1) is 5.92 Å². The number of rotatable bonds is 6. The van der Waals surface area contributed by atoms with Crippen LogP contribution in [-0.2, 0) is 6.42 Å². The molecule has 1 saturated heterocycles. The highest BCUT2D eigenvalue weighted by atomic mass is 16.3. The van der Waals surface area contributed by atoms with Crippen molar-refractivity contribution in [1.82, 2.24) is 15.2 Å². The molecule has 1 aliphatic heterocycles. The lowest BCUT2D eigenvalue weighted by Crippen LogP contribution is -2.40. The van der Waals surface area contributed by atoms with Gasteiger partial charge in [-0.15, -0.1) is 0 Å². The van der Waals surface area contributed by atoms with Crippen LogP contribution in [0.2, 0.25) is 0 Å². The molecule has 0 radical (unpaired) electrons. The third-order valence-electron chi connectivity index (χ3n) is 4.79. The Morgan fingerprint density at radius 1 is 1.27 bits per heavy atom. The zero-order valence-corrected chi connectivity index (χ0v) is 15.4. The van der Waals surface area contributed by atoms with Crippen molar-refractivity contribution in [2.75, 3.05) is 26.2 Å². The molecule has 5 nitrogen and oxygen atoms in total. The summed E-state index contributed by atoms with van der Waals surface area (Å²) in [7, 11) is 0. The lowest BCUT2D eigenvalue weighted by Gasteiger charge is -2.22. The van der Waals surface area contributed by atoms with E-state index in [1.54, 1.807) is 12.4 Å². The minimum Gasteiger partial charge on any atom is -0.386 e. The molecule has 5 heteroatoms. The maximum atomic E-state index is 10.3. The molecule has 0 spiro atoms. The number of hydrogen-bond acceptors (Lipinski definition) is 3. The number of guanidine groups is 1. The smallest absolute Gasteiger partial charge is 0.194 e. The third kappa shape index (κ3) is 5.05. The molecular weight excluding hydrogens is 324 g/mol. The quantitative estimate of drug-likeness (QED) is 0.620. The molecule has 0 amide bonds. The number of aliphatic hydroxyl groups is 1. The Labute approximate surface area is 155 Å². The van der Waals surface area contributed by atoms with E-state index in [-0.39, 0.29) is 0 Å².